The fourth-order valence-electron chi connectivity index (χ4n) is 6.86. The van der Waals surface area contributed by atoms with E-state index >= 15 is 8.78 Å². The minimum absolute atomic E-state index is 0.102. The van der Waals surface area contributed by atoms with Crippen LogP contribution in [0, 0.1) is 23.0 Å². The molecule has 0 saturated heterocycles. The van der Waals surface area contributed by atoms with E-state index in [0.29, 0.717) is 29.1 Å². The van der Waals surface area contributed by atoms with Crippen molar-refractivity contribution in [2.24, 2.45) is 4.99 Å². The number of carbonyl (C=O) groups is 1. The molecule has 13 heteroatoms. The maximum atomic E-state index is 17.1. The third-order valence-corrected chi connectivity index (χ3v) is 9.78. The maximum Gasteiger partial charge on any atom is 0.359 e. The van der Waals surface area contributed by atoms with Crippen LogP contribution in [0.4, 0.5) is 8.78 Å². The number of aromatic nitrogens is 1. The quantitative estimate of drug-likeness (QED) is 0.119. The standard InChI is InChI=1S/C44H31ClF2N4O6/c1-51-20-19-49-40(51)28-11-8-12-30(22-28)55-41-37(46)39(57-44(43(52)53-2)33-14-7-6-13-31(33)32-17-16-29(45)23-34(32)44)38(47)42(50-41)56-36-21-27(24-48)15-18-35(36)54-25-26-9-4-3-5-10-26/h3-18,21-23H,19-20,25H2,1-2H3. The Bertz CT molecular complexity index is 2620. The lowest BCUT2D eigenvalue weighted by Crippen LogP contribution is -2.42. The first kappa shape index (κ1) is 37.0. The topological polar surface area (TPSA) is 116 Å². The Morgan fingerprint density at radius 2 is 1.61 bits per heavy atom. The lowest BCUT2D eigenvalue weighted by Gasteiger charge is -2.30. The number of carbonyl (C=O) groups excluding carboxylic acids is 1. The number of halogens is 3. The molecule has 0 spiro atoms. The monoisotopic (exact) mass is 784 g/mol. The van der Waals surface area contributed by atoms with E-state index in [1.807, 2.05) is 54.4 Å². The second-order valence-electron chi connectivity index (χ2n) is 13.1. The Kier molecular flexibility index (Phi) is 9.91. The summed E-state index contributed by atoms with van der Waals surface area (Å²) in [5.74, 6) is -5.57. The first-order valence-corrected chi connectivity index (χ1v) is 18.1. The van der Waals surface area contributed by atoms with E-state index < -0.39 is 40.7 Å². The third-order valence-electron chi connectivity index (χ3n) is 9.54. The summed E-state index contributed by atoms with van der Waals surface area (Å²) in [6.07, 6.45) is 0. The number of methoxy groups -OCH3 is 1. The first-order chi connectivity index (χ1) is 27.7. The number of hydrogen-bond acceptors (Lipinski definition) is 10. The van der Waals surface area contributed by atoms with Gasteiger partial charge in [-0.05, 0) is 53.1 Å². The van der Waals surface area contributed by atoms with Crippen molar-refractivity contribution in [3.63, 3.8) is 0 Å². The molecule has 1 unspecified atom stereocenters. The predicted octanol–water partition coefficient (Wildman–Crippen LogP) is 9.22. The van der Waals surface area contributed by atoms with E-state index in [4.69, 9.17) is 35.3 Å². The van der Waals surface area contributed by atoms with Crippen LogP contribution in [-0.4, -0.2) is 48.9 Å². The molecular weight excluding hydrogens is 754 g/mol. The summed E-state index contributed by atoms with van der Waals surface area (Å²) in [4.78, 5) is 24.7. The van der Waals surface area contributed by atoms with Crippen LogP contribution in [-0.2, 0) is 21.7 Å². The molecule has 10 nitrogen and oxygen atoms in total. The molecule has 57 heavy (non-hydrogen) atoms. The number of ether oxygens (including phenoxy) is 5. The Hall–Kier alpha value is -6.97. The second kappa shape index (κ2) is 15.3. The summed E-state index contributed by atoms with van der Waals surface area (Å²) in [6.45, 7) is 1.43. The molecule has 1 aromatic heterocycles. The molecule has 1 aliphatic carbocycles. The molecule has 0 N–H and O–H groups in total. The smallest absolute Gasteiger partial charge is 0.359 e. The largest absolute Gasteiger partial charge is 0.485 e. The van der Waals surface area contributed by atoms with E-state index in [-0.39, 0.29) is 45.6 Å². The fraction of sp³-hybridized carbons (Fsp3) is 0.136. The van der Waals surface area contributed by atoms with Crippen molar-refractivity contribution in [3.05, 3.63) is 160 Å². The summed E-state index contributed by atoms with van der Waals surface area (Å²) in [5.41, 5.74) is 0.961. The van der Waals surface area contributed by atoms with E-state index in [0.717, 1.165) is 19.2 Å². The number of fused-ring (bicyclic) bond motifs is 3. The van der Waals surface area contributed by atoms with Crippen molar-refractivity contribution < 1.29 is 37.3 Å². The van der Waals surface area contributed by atoms with Crippen molar-refractivity contribution in [1.29, 1.82) is 5.26 Å². The van der Waals surface area contributed by atoms with Crippen LogP contribution in [0.5, 0.6) is 34.8 Å². The highest BCUT2D eigenvalue weighted by atomic mass is 35.5. The molecule has 1 aliphatic heterocycles. The number of likely N-dealkylation sites (N-methyl/N-ethyl adjacent to an activating group) is 1. The molecule has 2 heterocycles. The number of nitriles is 1. The predicted molar refractivity (Wildman–Crippen MR) is 207 cm³/mol. The zero-order valence-electron chi connectivity index (χ0n) is 30.5. The normalized spacial score (nSPS) is 15.2. The van der Waals surface area contributed by atoms with Gasteiger partial charge in [-0.2, -0.15) is 19.0 Å². The average Bonchev–Trinajstić information content (AvgIpc) is 3.79. The molecule has 0 saturated carbocycles. The molecule has 0 bridgehead atoms. The summed E-state index contributed by atoms with van der Waals surface area (Å²) in [7, 11) is 3.04. The SMILES string of the molecule is COC(=O)C1(Oc2c(F)c(Oc3cccc(C4=NCCN4C)c3)nc(Oc3cc(C#N)ccc3OCc3ccccc3)c2F)c2ccccc2-c2ccc(Cl)cc21. The first-order valence-electron chi connectivity index (χ1n) is 17.7. The van der Waals surface area contributed by atoms with Crippen LogP contribution in [0.1, 0.15) is 27.8 Å². The molecule has 8 rings (SSSR count). The molecule has 284 valence electrons. The minimum Gasteiger partial charge on any atom is -0.485 e. The molecule has 5 aromatic carbocycles. The lowest BCUT2D eigenvalue weighted by atomic mass is 9.91. The van der Waals surface area contributed by atoms with Crippen LogP contribution < -0.4 is 18.9 Å². The molecule has 1 atom stereocenters. The van der Waals surface area contributed by atoms with E-state index in [2.05, 4.69) is 9.98 Å². The van der Waals surface area contributed by atoms with E-state index in [1.165, 1.54) is 24.3 Å². The molecule has 0 radical (unpaired) electrons. The van der Waals surface area contributed by atoms with Crippen molar-refractivity contribution in [2.45, 2.75) is 12.2 Å². The zero-order chi connectivity index (χ0) is 39.7. The minimum atomic E-state index is -2.25. The highest BCUT2D eigenvalue weighted by Crippen LogP contribution is 2.53. The Balaban J connectivity index is 1.28. The number of pyridine rings is 1. The van der Waals surface area contributed by atoms with Gasteiger partial charge in [-0.3, -0.25) is 4.99 Å². The van der Waals surface area contributed by atoms with Crippen LogP contribution in [0.25, 0.3) is 11.1 Å². The lowest BCUT2D eigenvalue weighted by molar-refractivity contribution is -0.156. The number of benzene rings is 5. The van der Waals surface area contributed by atoms with E-state index in [9.17, 15) is 10.1 Å². The van der Waals surface area contributed by atoms with Gasteiger partial charge in [0.1, 0.15) is 18.2 Å². The van der Waals surface area contributed by atoms with Gasteiger partial charge in [0, 0.05) is 41.4 Å². The van der Waals surface area contributed by atoms with Gasteiger partial charge >= 0.3 is 5.97 Å². The van der Waals surface area contributed by atoms with Crippen LogP contribution in [0.2, 0.25) is 5.02 Å². The van der Waals surface area contributed by atoms with Crippen molar-refractivity contribution in [2.75, 3.05) is 27.2 Å². The molecular formula is C44H31ClF2N4O6. The molecule has 0 fully saturated rings. The maximum absolute atomic E-state index is 17.1. The number of amidine groups is 1. The zero-order valence-corrected chi connectivity index (χ0v) is 31.2. The van der Waals surface area contributed by atoms with Gasteiger partial charge in [-0.1, -0.05) is 84.4 Å². The molecule has 6 aromatic rings. The van der Waals surface area contributed by atoms with Gasteiger partial charge in [0.25, 0.3) is 17.4 Å². The van der Waals surface area contributed by atoms with Gasteiger partial charge in [0.05, 0.1) is 25.3 Å². The Morgan fingerprint density at radius 1 is 0.860 bits per heavy atom. The fourth-order valence-corrected chi connectivity index (χ4v) is 7.03. The number of nitrogens with zero attached hydrogens (tertiary/aromatic N) is 4. The van der Waals surface area contributed by atoms with Gasteiger partial charge in [-0.15, -0.1) is 0 Å². The molecule has 0 amide bonds. The highest BCUT2D eigenvalue weighted by molar-refractivity contribution is 6.30. The summed E-state index contributed by atoms with van der Waals surface area (Å²) < 4.78 is 63.9. The summed E-state index contributed by atoms with van der Waals surface area (Å²) in [5, 5.41) is 9.98. The third kappa shape index (κ3) is 6.83. The van der Waals surface area contributed by atoms with Crippen molar-refractivity contribution in [1.82, 2.24) is 9.88 Å². The van der Waals surface area contributed by atoms with E-state index in [1.54, 1.807) is 54.6 Å². The number of hydrogen-bond donors (Lipinski definition) is 0. The molecule has 2 aliphatic rings. The highest BCUT2D eigenvalue weighted by Gasteiger charge is 2.54. The van der Waals surface area contributed by atoms with Crippen LogP contribution in [0.3, 0.4) is 0 Å². The number of rotatable bonds is 11. The van der Waals surface area contributed by atoms with Gasteiger partial charge in [0.2, 0.25) is 17.4 Å². The van der Waals surface area contributed by atoms with Gasteiger partial charge in [0.15, 0.2) is 11.5 Å². The summed E-state index contributed by atoms with van der Waals surface area (Å²) >= 11 is 6.46. The van der Waals surface area contributed by atoms with Crippen molar-refractivity contribution in [3.8, 4) is 52.0 Å². The van der Waals surface area contributed by atoms with Crippen LogP contribution >= 0.6 is 11.6 Å². The van der Waals surface area contributed by atoms with Gasteiger partial charge in [-0.25, -0.2) is 4.79 Å². The number of aliphatic imine (C=N–C) groups is 1. The Labute approximate surface area is 331 Å². The summed E-state index contributed by atoms with van der Waals surface area (Å²) in [6, 6.07) is 33.9. The Morgan fingerprint density at radius 3 is 2.37 bits per heavy atom. The average molecular weight is 785 g/mol. The second-order valence-corrected chi connectivity index (χ2v) is 13.5. The van der Waals surface area contributed by atoms with Gasteiger partial charge < -0.3 is 28.6 Å². The van der Waals surface area contributed by atoms with Crippen molar-refractivity contribution >= 4 is 23.4 Å². The van der Waals surface area contributed by atoms with Crippen LogP contribution in [0.15, 0.2) is 120 Å². The number of esters is 1.